The second-order valence-electron chi connectivity index (χ2n) is 5.35. The molecule has 4 N–H and O–H groups in total. The van der Waals surface area contributed by atoms with Crippen molar-refractivity contribution in [1.82, 2.24) is 0 Å². The molecule has 0 saturated heterocycles. The zero-order valence-electron chi connectivity index (χ0n) is 14.1. The van der Waals surface area contributed by atoms with Crippen molar-refractivity contribution in [1.29, 1.82) is 0 Å². The van der Waals surface area contributed by atoms with Crippen LogP contribution in [0.5, 0.6) is 5.75 Å². The number of rotatable bonds is 9. The maximum Gasteiger partial charge on any atom is 0.227 e. The van der Waals surface area contributed by atoms with Gasteiger partial charge in [-0.2, -0.15) is 0 Å². The molecule has 0 aliphatic carbocycles. The first kappa shape index (κ1) is 19.0. The molecule has 0 aliphatic rings. The summed E-state index contributed by atoms with van der Waals surface area (Å²) in [5.74, 6) is 0.386. The van der Waals surface area contributed by atoms with Gasteiger partial charge in [0.2, 0.25) is 11.8 Å². The monoisotopic (exact) mass is 321 g/mol. The summed E-state index contributed by atoms with van der Waals surface area (Å²) < 4.78 is 5.18. The van der Waals surface area contributed by atoms with Gasteiger partial charge in [0.05, 0.1) is 18.5 Å². The molecule has 0 fully saturated rings. The van der Waals surface area contributed by atoms with Crippen molar-refractivity contribution in [2.45, 2.75) is 39.5 Å². The lowest BCUT2D eigenvalue weighted by atomic mass is 10.0. The second-order valence-corrected chi connectivity index (χ2v) is 5.35. The summed E-state index contributed by atoms with van der Waals surface area (Å²) in [6, 6.07) is 5.18. The van der Waals surface area contributed by atoms with Gasteiger partial charge in [0, 0.05) is 18.4 Å². The van der Waals surface area contributed by atoms with E-state index in [1.54, 1.807) is 25.3 Å². The zero-order chi connectivity index (χ0) is 17.2. The molecule has 0 radical (unpaired) electrons. The van der Waals surface area contributed by atoms with Gasteiger partial charge < -0.3 is 21.1 Å². The summed E-state index contributed by atoms with van der Waals surface area (Å²) in [5, 5.41) is 5.70. The highest BCUT2D eigenvalue weighted by Gasteiger charge is 2.16. The Labute approximate surface area is 137 Å². The number of anilines is 2. The zero-order valence-corrected chi connectivity index (χ0v) is 14.1. The Balaban J connectivity index is 2.93. The summed E-state index contributed by atoms with van der Waals surface area (Å²) in [7, 11) is 1.55. The predicted octanol–water partition coefficient (Wildman–Crippen LogP) is 2.75. The van der Waals surface area contributed by atoms with Crippen LogP contribution in [0.25, 0.3) is 0 Å². The van der Waals surface area contributed by atoms with Crippen molar-refractivity contribution in [3.8, 4) is 5.75 Å². The van der Waals surface area contributed by atoms with E-state index in [0.717, 1.165) is 12.8 Å². The molecule has 0 saturated carbocycles. The number of amides is 2. The maximum atomic E-state index is 12.3. The average Bonchev–Trinajstić information content (AvgIpc) is 2.55. The smallest absolute Gasteiger partial charge is 0.227 e. The minimum absolute atomic E-state index is 0.0436. The van der Waals surface area contributed by atoms with Crippen LogP contribution in [0.15, 0.2) is 18.2 Å². The molecule has 0 aromatic heterocycles. The Bertz CT molecular complexity index is 528. The van der Waals surface area contributed by atoms with Crippen LogP contribution in [-0.4, -0.2) is 25.5 Å². The molecular formula is C17H27N3O3. The number of hydrogen-bond donors (Lipinski definition) is 3. The fourth-order valence-electron chi connectivity index (χ4n) is 2.23. The Morgan fingerprint density at radius 3 is 2.43 bits per heavy atom. The van der Waals surface area contributed by atoms with Crippen molar-refractivity contribution in [3.05, 3.63) is 18.2 Å². The molecule has 1 aromatic carbocycles. The van der Waals surface area contributed by atoms with E-state index in [0.29, 0.717) is 36.5 Å². The second kappa shape index (κ2) is 9.84. The molecule has 0 atom stereocenters. The first-order valence-corrected chi connectivity index (χ1v) is 8.04. The van der Waals surface area contributed by atoms with Crippen molar-refractivity contribution in [2.24, 2.45) is 11.7 Å². The molecule has 2 amide bonds. The summed E-state index contributed by atoms with van der Waals surface area (Å²) in [4.78, 5) is 24.2. The van der Waals surface area contributed by atoms with Crippen LogP contribution in [0, 0.1) is 5.92 Å². The molecule has 0 heterocycles. The van der Waals surface area contributed by atoms with E-state index in [1.165, 1.54) is 0 Å². The third kappa shape index (κ3) is 5.90. The van der Waals surface area contributed by atoms with Gasteiger partial charge in [-0.15, -0.1) is 0 Å². The lowest BCUT2D eigenvalue weighted by Gasteiger charge is -2.17. The maximum absolute atomic E-state index is 12.3. The molecule has 6 nitrogen and oxygen atoms in total. The summed E-state index contributed by atoms with van der Waals surface area (Å²) >= 11 is 0. The van der Waals surface area contributed by atoms with Gasteiger partial charge in [-0.05, 0) is 37.9 Å². The fraction of sp³-hybridized carbons (Fsp3) is 0.529. The Hall–Kier alpha value is -2.08. The quantitative estimate of drug-likeness (QED) is 0.652. The highest BCUT2D eigenvalue weighted by molar-refractivity contribution is 6.00. The number of hydrogen-bond acceptors (Lipinski definition) is 4. The van der Waals surface area contributed by atoms with E-state index in [4.69, 9.17) is 10.5 Å². The van der Waals surface area contributed by atoms with Gasteiger partial charge in [-0.1, -0.05) is 13.8 Å². The summed E-state index contributed by atoms with van der Waals surface area (Å²) in [5.41, 5.74) is 6.52. The van der Waals surface area contributed by atoms with Crippen LogP contribution < -0.4 is 21.1 Å². The normalized spacial score (nSPS) is 10.5. The Kier molecular flexibility index (Phi) is 8.11. The third-order valence-corrected chi connectivity index (χ3v) is 3.72. The van der Waals surface area contributed by atoms with E-state index in [2.05, 4.69) is 10.6 Å². The van der Waals surface area contributed by atoms with E-state index in [1.807, 2.05) is 13.8 Å². The number of benzene rings is 1. The highest BCUT2D eigenvalue weighted by Crippen LogP contribution is 2.28. The number of carbonyl (C=O) groups is 2. The van der Waals surface area contributed by atoms with Crippen molar-refractivity contribution in [3.63, 3.8) is 0 Å². The van der Waals surface area contributed by atoms with E-state index >= 15 is 0 Å². The predicted molar refractivity (Wildman–Crippen MR) is 92.6 cm³/mol. The fourth-order valence-corrected chi connectivity index (χ4v) is 2.23. The molecule has 0 bridgehead atoms. The van der Waals surface area contributed by atoms with Gasteiger partial charge in [0.15, 0.2) is 0 Å². The largest absolute Gasteiger partial charge is 0.497 e. The third-order valence-electron chi connectivity index (χ3n) is 3.72. The number of ether oxygens (including phenoxy) is 1. The van der Waals surface area contributed by atoms with Crippen LogP contribution in [0.3, 0.4) is 0 Å². The van der Waals surface area contributed by atoms with Crippen LogP contribution >= 0.6 is 0 Å². The topological polar surface area (TPSA) is 93.5 Å². The first-order chi connectivity index (χ1) is 11.0. The molecular weight excluding hydrogens is 294 g/mol. The molecule has 1 rings (SSSR count). The minimum atomic E-state index is -0.137. The number of nitrogens with two attached hydrogens (primary N) is 1. The van der Waals surface area contributed by atoms with E-state index in [-0.39, 0.29) is 17.7 Å². The van der Waals surface area contributed by atoms with Crippen molar-refractivity contribution >= 4 is 23.2 Å². The molecule has 0 unspecified atom stereocenters. The first-order valence-electron chi connectivity index (χ1n) is 8.04. The molecule has 0 aliphatic heterocycles. The van der Waals surface area contributed by atoms with Crippen molar-refractivity contribution in [2.75, 3.05) is 24.3 Å². The van der Waals surface area contributed by atoms with E-state index < -0.39 is 0 Å². The average molecular weight is 321 g/mol. The van der Waals surface area contributed by atoms with Crippen molar-refractivity contribution < 1.29 is 14.3 Å². The van der Waals surface area contributed by atoms with Gasteiger partial charge in [-0.25, -0.2) is 0 Å². The summed E-state index contributed by atoms with van der Waals surface area (Å²) in [6.07, 6.45) is 2.51. The van der Waals surface area contributed by atoms with Gasteiger partial charge in [0.25, 0.3) is 0 Å². The van der Waals surface area contributed by atoms with Crippen LogP contribution in [-0.2, 0) is 9.59 Å². The Morgan fingerprint density at radius 1 is 1.17 bits per heavy atom. The number of carbonyl (C=O) groups excluding carboxylic acids is 2. The lowest BCUT2D eigenvalue weighted by Crippen LogP contribution is -2.23. The summed E-state index contributed by atoms with van der Waals surface area (Å²) in [6.45, 7) is 4.43. The molecule has 6 heteroatoms. The van der Waals surface area contributed by atoms with E-state index in [9.17, 15) is 9.59 Å². The lowest BCUT2D eigenvalue weighted by molar-refractivity contribution is -0.120. The van der Waals surface area contributed by atoms with Crippen LogP contribution in [0.2, 0.25) is 0 Å². The number of methoxy groups -OCH3 is 1. The van der Waals surface area contributed by atoms with Crippen LogP contribution in [0.1, 0.15) is 39.5 Å². The molecule has 1 aromatic rings. The van der Waals surface area contributed by atoms with Gasteiger partial charge in [0.1, 0.15) is 5.75 Å². The minimum Gasteiger partial charge on any atom is -0.497 e. The number of nitrogens with one attached hydrogen (secondary N) is 2. The van der Waals surface area contributed by atoms with Gasteiger partial charge in [-0.3, -0.25) is 9.59 Å². The van der Waals surface area contributed by atoms with Gasteiger partial charge >= 0.3 is 0 Å². The Morgan fingerprint density at radius 2 is 1.87 bits per heavy atom. The SMILES string of the molecule is CCC(CC)C(=O)Nc1ccc(OC)cc1NC(=O)CCCN. The standard InChI is InChI=1S/C17H27N3O3/c1-4-12(5-2)17(22)20-14-9-8-13(23-3)11-15(14)19-16(21)7-6-10-18/h8-9,11-12H,4-7,10,18H2,1-3H3,(H,19,21)(H,20,22). The molecule has 23 heavy (non-hydrogen) atoms. The molecule has 0 spiro atoms. The van der Waals surface area contributed by atoms with Crippen LogP contribution in [0.4, 0.5) is 11.4 Å². The molecule has 128 valence electrons. The highest BCUT2D eigenvalue weighted by atomic mass is 16.5.